The van der Waals surface area contributed by atoms with Gasteiger partial charge in [-0.1, -0.05) is 11.6 Å². The molecule has 0 aliphatic carbocycles. The summed E-state index contributed by atoms with van der Waals surface area (Å²) in [7, 11) is 0. The Morgan fingerprint density at radius 2 is 1.95 bits per heavy atom. The molecule has 1 aromatic carbocycles. The molecule has 37 heavy (non-hydrogen) atoms. The first-order valence-electron chi connectivity index (χ1n) is 11.5. The summed E-state index contributed by atoms with van der Waals surface area (Å²) >= 11 is 6.35. The molecule has 0 radical (unpaired) electrons. The summed E-state index contributed by atoms with van der Waals surface area (Å²) in [5, 5.41) is 16.2. The van der Waals surface area contributed by atoms with E-state index in [4.69, 9.17) is 16.3 Å². The second-order valence-corrected chi connectivity index (χ2v) is 8.66. The quantitative estimate of drug-likeness (QED) is 0.270. The number of benzene rings is 1. The maximum atomic E-state index is 14.2. The number of nitrogens with zero attached hydrogens (tertiary/aromatic N) is 7. The van der Waals surface area contributed by atoms with Gasteiger partial charge in [0.2, 0.25) is 5.95 Å². The highest BCUT2D eigenvalue weighted by molar-refractivity contribution is 6.31. The number of nitrogens with one attached hydrogen (secondary N) is 2. The number of pyridine rings is 1. The van der Waals surface area contributed by atoms with Gasteiger partial charge in [-0.25, -0.2) is 14.8 Å². The molecule has 0 amide bonds. The Hall–Kier alpha value is -4.22. The van der Waals surface area contributed by atoms with Crippen LogP contribution in [-0.2, 0) is 4.74 Å². The molecule has 3 aromatic heterocycles. The summed E-state index contributed by atoms with van der Waals surface area (Å²) in [6, 6.07) is 11.2. The molecule has 10 nitrogen and oxygen atoms in total. The Morgan fingerprint density at radius 3 is 2.73 bits per heavy atom. The van der Waals surface area contributed by atoms with Gasteiger partial charge in [-0.2, -0.15) is 20.3 Å². The minimum Gasteiger partial charge on any atom is -0.378 e. The highest BCUT2D eigenvalue weighted by Crippen LogP contribution is 2.29. The van der Waals surface area contributed by atoms with Gasteiger partial charge in [0, 0.05) is 35.6 Å². The van der Waals surface area contributed by atoms with Crippen molar-refractivity contribution in [2.45, 2.75) is 6.92 Å². The first kappa shape index (κ1) is 24.5. The van der Waals surface area contributed by atoms with Crippen molar-refractivity contribution < 1.29 is 9.13 Å². The smallest absolute Gasteiger partial charge is 0.245 e. The van der Waals surface area contributed by atoms with E-state index in [-0.39, 0.29) is 11.8 Å². The third-order valence-electron chi connectivity index (χ3n) is 5.57. The molecular weight excluding hydrogens is 497 g/mol. The molecule has 4 aromatic rings. The van der Waals surface area contributed by atoms with E-state index in [0.29, 0.717) is 37.0 Å². The van der Waals surface area contributed by atoms with Gasteiger partial charge >= 0.3 is 0 Å². The largest absolute Gasteiger partial charge is 0.378 e. The number of morpholine rings is 1. The van der Waals surface area contributed by atoms with Gasteiger partial charge in [-0.15, -0.1) is 0 Å². The van der Waals surface area contributed by atoms with E-state index < -0.39 is 5.82 Å². The first-order valence-corrected chi connectivity index (χ1v) is 11.9. The van der Waals surface area contributed by atoms with Gasteiger partial charge in [-0.05, 0) is 48.9 Å². The van der Waals surface area contributed by atoms with Crippen molar-refractivity contribution in [2.75, 3.05) is 41.9 Å². The van der Waals surface area contributed by atoms with Crippen LogP contribution in [0.3, 0.4) is 0 Å². The van der Waals surface area contributed by atoms with Crippen molar-refractivity contribution in [3.63, 3.8) is 0 Å². The normalized spacial score (nSPS) is 13.6. The Morgan fingerprint density at radius 1 is 1.08 bits per heavy atom. The number of aromatic nitrogens is 5. The summed E-state index contributed by atoms with van der Waals surface area (Å²) in [5.74, 6) is -0.0735. The average molecular weight is 520 g/mol. The van der Waals surface area contributed by atoms with E-state index in [9.17, 15) is 4.39 Å². The molecule has 4 heterocycles. The van der Waals surface area contributed by atoms with E-state index in [1.54, 1.807) is 18.5 Å². The van der Waals surface area contributed by atoms with Gasteiger partial charge in [0.15, 0.2) is 11.6 Å². The molecule has 0 bridgehead atoms. The minimum absolute atomic E-state index is 0.188. The number of ether oxygens (including phenoxy) is 1. The molecule has 188 valence electrons. The third-order valence-corrected chi connectivity index (χ3v) is 5.78. The molecular formula is C25H23ClFN9O. The molecule has 0 unspecified atom stereocenters. The van der Waals surface area contributed by atoms with Crippen LogP contribution in [-0.4, -0.2) is 57.7 Å². The fourth-order valence-electron chi connectivity index (χ4n) is 3.77. The van der Waals surface area contributed by atoms with Crippen LogP contribution in [0, 0.1) is 12.7 Å². The Bertz CT molecular complexity index is 1410. The number of anilines is 4. The first-order chi connectivity index (χ1) is 18.0. The van der Waals surface area contributed by atoms with Crippen molar-refractivity contribution in [2.24, 2.45) is 5.10 Å². The number of aryl methyl sites for hydroxylation is 1. The van der Waals surface area contributed by atoms with Crippen LogP contribution < -0.4 is 15.6 Å². The van der Waals surface area contributed by atoms with E-state index in [1.807, 2.05) is 42.2 Å². The fourth-order valence-corrected chi connectivity index (χ4v) is 4.00. The predicted molar refractivity (Wildman–Crippen MR) is 141 cm³/mol. The molecule has 1 fully saturated rings. The monoisotopic (exact) mass is 519 g/mol. The average Bonchev–Trinajstić information content (AvgIpc) is 2.91. The van der Waals surface area contributed by atoms with Gasteiger partial charge in [-0.3, -0.25) is 4.98 Å². The zero-order chi connectivity index (χ0) is 25.6. The standard InChI is InChI=1S/C25H23ClFN9O/c1-16-4-5-30-34-23(16)17-10-18(26)12-21(11-17)32-20-3-2-19(28-13-20)14-31-35-25-29-15-22(27)24(33-25)36-6-8-37-9-7-36/h2-5,10-15,32H,6-9H2,1H3,(H,29,33,35)/b31-14+. The Labute approximate surface area is 217 Å². The van der Waals surface area contributed by atoms with Crippen molar-refractivity contribution in [1.82, 2.24) is 25.1 Å². The summed E-state index contributed by atoms with van der Waals surface area (Å²) in [6.45, 7) is 4.17. The predicted octanol–water partition coefficient (Wildman–Crippen LogP) is 4.46. The van der Waals surface area contributed by atoms with Crippen molar-refractivity contribution >= 4 is 41.0 Å². The number of rotatable bonds is 7. The lowest BCUT2D eigenvalue weighted by Crippen LogP contribution is -2.37. The number of hydrazone groups is 1. The molecule has 1 aliphatic heterocycles. The van der Waals surface area contributed by atoms with Crippen LogP contribution >= 0.6 is 11.6 Å². The van der Waals surface area contributed by atoms with Gasteiger partial charge in [0.1, 0.15) is 0 Å². The maximum Gasteiger partial charge on any atom is 0.245 e. The Balaban J connectivity index is 1.23. The topological polar surface area (TPSA) is 113 Å². The van der Waals surface area contributed by atoms with E-state index in [0.717, 1.165) is 34.4 Å². The summed E-state index contributed by atoms with van der Waals surface area (Å²) < 4.78 is 19.5. The second kappa shape index (κ2) is 11.2. The highest BCUT2D eigenvalue weighted by Gasteiger charge is 2.17. The maximum absolute atomic E-state index is 14.2. The molecule has 5 rings (SSSR count). The number of halogens is 2. The zero-order valence-electron chi connectivity index (χ0n) is 19.9. The fraction of sp³-hybridized carbons (Fsp3) is 0.200. The van der Waals surface area contributed by atoms with Gasteiger partial charge in [0.05, 0.1) is 48.9 Å². The second-order valence-electron chi connectivity index (χ2n) is 8.22. The molecule has 2 N–H and O–H groups in total. The van der Waals surface area contributed by atoms with E-state index in [2.05, 4.69) is 41.0 Å². The minimum atomic E-state index is -0.486. The van der Waals surface area contributed by atoms with Crippen LogP contribution in [0.25, 0.3) is 11.3 Å². The SMILES string of the molecule is Cc1ccnnc1-c1cc(Cl)cc(Nc2ccc(/C=N/Nc3ncc(F)c(N4CCOCC4)n3)nc2)c1. The van der Waals surface area contributed by atoms with Crippen molar-refractivity contribution in [3.05, 3.63) is 77.1 Å². The van der Waals surface area contributed by atoms with Crippen molar-refractivity contribution in [3.8, 4) is 11.3 Å². The van der Waals surface area contributed by atoms with Crippen LogP contribution in [0.1, 0.15) is 11.3 Å². The van der Waals surface area contributed by atoms with E-state index in [1.165, 1.54) is 6.21 Å². The zero-order valence-corrected chi connectivity index (χ0v) is 20.7. The number of hydrogen-bond acceptors (Lipinski definition) is 10. The molecule has 0 spiro atoms. The highest BCUT2D eigenvalue weighted by atomic mass is 35.5. The van der Waals surface area contributed by atoms with Gasteiger partial charge in [0.25, 0.3) is 0 Å². The molecule has 0 atom stereocenters. The Kier molecular flexibility index (Phi) is 7.43. The lowest BCUT2D eigenvalue weighted by molar-refractivity contribution is 0.122. The summed E-state index contributed by atoms with van der Waals surface area (Å²) in [5.41, 5.74) is 7.54. The molecule has 1 aliphatic rings. The lowest BCUT2D eigenvalue weighted by atomic mass is 10.1. The molecule has 12 heteroatoms. The number of hydrogen-bond donors (Lipinski definition) is 2. The molecule has 0 saturated carbocycles. The van der Waals surface area contributed by atoms with Crippen LogP contribution in [0.4, 0.5) is 27.5 Å². The lowest BCUT2D eigenvalue weighted by Gasteiger charge is -2.27. The van der Waals surface area contributed by atoms with E-state index >= 15 is 0 Å². The van der Waals surface area contributed by atoms with Crippen LogP contribution in [0.5, 0.6) is 0 Å². The van der Waals surface area contributed by atoms with Crippen LogP contribution in [0.15, 0.2) is 60.1 Å². The molecule has 1 saturated heterocycles. The summed E-state index contributed by atoms with van der Waals surface area (Å²) in [6.07, 6.45) is 5.99. The van der Waals surface area contributed by atoms with Crippen LogP contribution in [0.2, 0.25) is 5.02 Å². The third kappa shape index (κ3) is 6.13. The van der Waals surface area contributed by atoms with Gasteiger partial charge < -0.3 is 15.0 Å². The summed E-state index contributed by atoms with van der Waals surface area (Å²) in [4.78, 5) is 14.4. The van der Waals surface area contributed by atoms with Crippen molar-refractivity contribution in [1.29, 1.82) is 0 Å².